The molecule has 0 radical (unpaired) electrons. The molecule has 2 fully saturated rings. The molecule has 0 N–H and O–H groups in total. The lowest BCUT2D eigenvalue weighted by atomic mass is 9.86. The van der Waals surface area contributed by atoms with E-state index >= 15 is 0 Å². The van der Waals surface area contributed by atoms with Crippen molar-refractivity contribution in [2.75, 3.05) is 19.7 Å². The van der Waals surface area contributed by atoms with Crippen molar-refractivity contribution in [2.45, 2.75) is 65.4 Å². The van der Waals surface area contributed by atoms with Crippen LogP contribution < -0.4 is 0 Å². The van der Waals surface area contributed by atoms with Gasteiger partial charge in [-0.1, -0.05) is 13.8 Å². The summed E-state index contributed by atoms with van der Waals surface area (Å²) in [6.07, 6.45) is 2.90. The molecule has 0 saturated carbocycles. The van der Waals surface area contributed by atoms with Gasteiger partial charge in [0.15, 0.2) is 5.79 Å². The molecular weight excluding hydrogens is 226 g/mol. The first-order valence-corrected chi connectivity index (χ1v) is 7.45. The van der Waals surface area contributed by atoms with Gasteiger partial charge in [0, 0.05) is 6.04 Å². The molecule has 2 rings (SSSR count). The number of piperidine rings is 1. The molecule has 0 aliphatic carbocycles. The Morgan fingerprint density at radius 1 is 1.11 bits per heavy atom. The molecule has 0 aromatic rings. The van der Waals surface area contributed by atoms with Crippen molar-refractivity contribution in [3.63, 3.8) is 0 Å². The summed E-state index contributed by atoms with van der Waals surface area (Å²) >= 11 is 0. The zero-order chi connectivity index (χ0) is 13.3. The van der Waals surface area contributed by atoms with Gasteiger partial charge in [-0.25, -0.2) is 0 Å². The largest absolute Gasteiger partial charge is 0.348 e. The molecule has 2 aliphatic rings. The fourth-order valence-electron chi connectivity index (χ4n) is 3.18. The maximum Gasteiger partial charge on any atom is 0.163 e. The van der Waals surface area contributed by atoms with E-state index < -0.39 is 5.79 Å². The van der Waals surface area contributed by atoms with E-state index in [9.17, 15) is 0 Å². The Hall–Kier alpha value is -0.120. The monoisotopic (exact) mass is 255 g/mol. The smallest absolute Gasteiger partial charge is 0.163 e. The second kappa shape index (κ2) is 5.48. The highest BCUT2D eigenvalue weighted by Gasteiger charge is 2.38. The Balaban J connectivity index is 1.83. The number of nitrogens with zero attached hydrogens (tertiary/aromatic N) is 1. The Kier molecular flexibility index (Phi) is 4.35. The third-order valence-corrected chi connectivity index (χ3v) is 4.66. The van der Waals surface area contributed by atoms with Gasteiger partial charge in [0.05, 0.1) is 12.7 Å². The van der Waals surface area contributed by atoms with Gasteiger partial charge in [0.1, 0.15) is 0 Å². The molecule has 0 amide bonds. The van der Waals surface area contributed by atoms with Crippen LogP contribution >= 0.6 is 0 Å². The summed E-state index contributed by atoms with van der Waals surface area (Å²) in [4.78, 5) is 2.58. The van der Waals surface area contributed by atoms with Crippen molar-refractivity contribution in [1.29, 1.82) is 0 Å². The molecule has 2 unspecified atom stereocenters. The number of hydrogen-bond donors (Lipinski definition) is 0. The summed E-state index contributed by atoms with van der Waals surface area (Å²) in [5, 5.41) is 0. The first-order valence-electron chi connectivity index (χ1n) is 7.45. The van der Waals surface area contributed by atoms with Crippen LogP contribution in [0.15, 0.2) is 0 Å². The van der Waals surface area contributed by atoms with Crippen molar-refractivity contribution in [1.82, 2.24) is 4.90 Å². The minimum absolute atomic E-state index is 0.232. The van der Waals surface area contributed by atoms with Crippen LogP contribution in [0.3, 0.4) is 0 Å². The van der Waals surface area contributed by atoms with Gasteiger partial charge in [-0.05, 0) is 58.5 Å². The molecule has 0 spiro atoms. The van der Waals surface area contributed by atoms with E-state index in [4.69, 9.17) is 9.47 Å². The highest BCUT2D eigenvalue weighted by atomic mass is 16.7. The number of likely N-dealkylation sites (tertiary alicyclic amines) is 1. The average molecular weight is 255 g/mol. The van der Waals surface area contributed by atoms with Crippen molar-refractivity contribution in [2.24, 2.45) is 11.8 Å². The summed E-state index contributed by atoms with van der Waals surface area (Å²) in [6, 6.07) is 0.472. The van der Waals surface area contributed by atoms with E-state index in [-0.39, 0.29) is 6.10 Å². The molecule has 3 heteroatoms. The van der Waals surface area contributed by atoms with E-state index in [2.05, 4.69) is 25.7 Å². The molecule has 2 saturated heterocycles. The lowest BCUT2D eigenvalue weighted by Crippen LogP contribution is -2.47. The normalized spacial score (nSPS) is 32.0. The van der Waals surface area contributed by atoms with Crippen LogP contribution in [0.4, 0.5) is 0 Å². The second-order valence-electron chi connectivity index (χ2n) is 6.73. The van der Waals surface area contributed by atoms with Gasteiger partial charge >= 0.3 is 0 Å². The van der Waals surface area contributed by atoms with Crippen LogP contribution in [0.5, 0.6) is 0 Å². The molecule has 0 aromatic heterocycles. The summed E-state index contributed by atoms with van der Waals surface area (Å²) in [6.45, 7) is 14.1. The van der Waals surface area contributed by atoms with Gasteiger partial charge in [-0.15, -0.1) is 0 Å². The van der Waals surface area contributed by atoms with Gasteiger partial charge in [0.2, 0.25) is 0 Å². The van der Waals surface area contributed by atoms with Crippen molar-refractivity contribution >= 4 is 0 Å². The van der Waals surface area contributed by atoms with Crippen molar-refractivity contribution in [3.05, 3.63) is 0 Å². The minimum atomic E-state index is -0.394. The van der Waals surface area contributed by atoms with E-state index in [0.717, 1.165) is 18.4 Å². The Bertz CT molecular complexity index is 270. The number of ether oxygens (including phenoxy) is 2. The molecule has 106 valence electrons. The zero-order valence-electron chi connectivity index (χ0n) is 12.6. The van der Waals surface area contributed by atoms with Crippen LogP contribution in [0.2, 0.25) is 0 Å². The van der Waals surface area contributed by atoms with Crippen LogP contribution in [0.25, 0.3) is 0 Å². The lowest BCUT2D eigenvalue weighted by molar-refractivity contribution is -0.146. The van der Waals surface area contributed by atoms with E-state index in [0.29, 0.717) is 6.04 Å². The molecule has 2 aliphatic heterocycles. The van der Waals surface area contributed by atoms with Gasteiger partial charge in [0.25, 0.3) is 0 Å². The van der Waals surface area contributed by atoms with Gasteiger partial charge in [-0.2, -0.15) is 0 Å². The van der Waals surface area contributed by atoms with Crippen LogP contribution in [-0.4, -0.2) is 42.5 Å². The van der Waals surface area contributed by atoms with Crippen LogP contribution in [0.1, 0.15) is 47.5 Å². The average Bonchev–Trinajstić information content (AvgIpc) is 2.69. The third-order valence-electron chi connectivity index (χ3n) is 4.66. The second-order valence-corrected chi connectivity index (χ2v) is 6.73. The highest BCUT2D eigenvalue weighted by Crippen LogP contribution is 2.30. The van der Waals surface area contributed by atoms with Crippen LogP contribution in [-0.2, 0) is 9.47 Å². The fourth-order valence-corrected chi connectivity index (χ4v) is 3.18. The van der Waals surface area contributed by atoms with Gasteiger partial charge < -0.3 is 9.47 Å². The summed E-state index contributed by atoms with van der Waals surface area (Å²) < 4.78 is 11.6. The SMILES string of the molecule is CC(C)C1CCN(C(C)C2COC(C)(C)O2)CC1. The van der Waals surface area contributed by atoms with Crippen molar-refractivity contribution in [3.8, 4) is 0 Å². The molecular formula is C15H29NO2. The highest BCUT2D eigenvalue weighted by molar-refractivity contribution is 4.85. The minimum Gasteiger partial charge on any atom is -0.348 e. The number of rotatable bonds is 3. The molecule has 0 aromatic carbocycles. The standard InChI is InChI=1S/C15H29NO2/c1-11(2)13-6-8-16(9-7-13)12(3)14-10-17-15(4,5)18-14/h11-14H,6-10H2,1-5H3. The third kappa shape index (κ3) is 3.25. The van der Waals surface area contributed by atoms with Crippen LogP contribution in [0, 0.1) is 11.8 Å². The molecule has 3 nitrogen and oxygen atoms in total. The number of hydrogen-bond acceptors (Lipinski definition) is 3. The summed E-state index contributed by atoms with van der Waals surface area (Å²) in [5.41, 5.74) is 0. The first-order chi connectivity index (χ1) is 8.39. The molecule has 0 bridgehead atoms. The topological polar surface area (TPSA) is 21.7 Å². The van der Waals surface area contributed by atoms with E-state index in [1.165, 1.54) is 25.9 Å². The van der Waals surface area contributed by atoms with Gasteiger partial charge in [-0.3, -0.25) is 4.90 Å². The quantitative estimate of drug-likeness (QED) is 0.774. The maximum atomic E-state index is 5.97. The first kappa shape index (κ1) is 14.3. The predicted molar refractivity (Wildman–Crippen MR) is 73.5 cm³/mol. The summed E-state index contributed by atoms with van der Waals surface area (Å²) in [5.74, 6) is 1.34. The summed E-state index contributed by atoms with van der Waals surface area (Å²) in [7, 11) is 0. The maximum absolute atomic E-state index is 5.97. The zero-order valence-corrected chi connectivity index (χ0v) is 12.6. The van der Waals surface area contributed by atoms with E-state index in [1.54, 1.807) is 0 Å². The lowest BCUT2D eigenvalue weighted by Gasteiger charge is -2.39. The predicted octanol–water partition coefficient (Wildman–Crippen LogP) is 2.89. The molecule has 2 heterocycles. The van der Waals surface area contributed by atoms with E-state index in [1.807, 2.05) is 13.8 Å². The Morgan fingerprint density at radius 3 is 2.17 bits per heavy atom. The molecule has 18 heavy (non-hydrogen) atoms. The fraction of sp³-hybridized carbons (Fsp3) is 1.00. The Labute approximate surface area is 112 Å². The van der Waals surface area contributed by atoms with Crippen molar-refractivity contribution < 1.29 is 9.47 Å². The molecule has 2 atom stereocenters. The Morgan fingerprint density at radius 2 is 1.72 bits per heavy atom.